The second-order valence-electron chi connectivity index (χ2n) is 6.71. The van der Waals surface area contributed by atoms with Gasteiger partial charge in [0.25, 0.3) is 5.91 Å². The summed E-state index contributed by atoms with van der Waals surface area (Å²) in [6.07, 6.45) is 4.26. The molecular formula is C18H20FN6OP. The number of amidine groups is 2. The summed E-state index contributed by atoms with van der Waals surface area (Å²) in [6.45, 7) is 2.45. The van der Waals surface area contributed by atoms with Crippen LogP contribution in [0, 0.1) is 23.6 Å². The molecule has 9 heteroatoms. The average Bonchev–Trinajstić information content (AvgIpc) is 3.39. The van der Waals surface area contributed by atoms with Crippen molar-refractivity contribution in [2.24, 2.45) is 0 Å². The first-order valence-corrected chi connectivity index (χ1v) is 10.4. The maximum atomic E-state index is 13.7. The molecule has 0 atom stereocenters. The van der Waals surface area contributed by atoms with Gasteiger partial charge < -0.3 is 9.80 Å². The third-order valence-corrected chi connectivity index (χ3v) is 6.42. The number of hydrogen-bond acceptors (Lipinski definition) is 4. The van der Waals surface area contributed by atoms with E-state index in [1.807, 2.05) is 16.7 Å². The van der Waals surface area contributed by atoms with Gasteiger partial charge in [-0.1, -0.05) is 6.07 Å². The van der Waals surface area contributed by atoms with Crippen LogP contribution in [0.15, 0.2) is 30.5 Å². The highest BCUT2D eigenvalue weighted by molar-refractivity contribution is 7.63. The minimum Gasteiger partial charge on any atom is -0.329 e. The number of piperazine rings is 1. The molecule has 2 aliphatic heterocycles. The first-order valence-electron chi connectivity index (χ1n) is 8.74. The average molecular weight is 386 g/mol. The predicted molar refractivity (Wildman–Crippen MR) is 103 cm³/mol. The van der Waals surface area contributed by atoms with Crippen LogP contribution in [0.2, 0.25) is 0 Å². The van der Waals surface area contributed by atoms with Crippen molar-refractivity contribution >= 4 is 25.7 Å². The second-order valence-corrected chi connectivity index (χ2v) is 9.03. The molecule has 2 N–H and O–H groups in total. The van der Waals surface area contributed by atoms with Gasteiger partial charge in [0.1, 0.15) is 17.3 Å². The summed E-state index contributed by atoms with van der Waals surface area (Å²) in [4.78, 5) is 15.7. The number of nitrogens with zero attached hydrogens (tertiary/aromatic N) is 4. The van der Waals surface area contributed by atoms with E-state index in [2.05, 4.69) is 5.10 Å². The lowest BCUT2D eigenvalue weighted by Crippen LogP contribution is -2.54. The molecule has 2 aromatic rings. The summed E-state index contributed by atoms with van der Waals surface area (Å²) in [6, 6.07) is 6.23. The number of aromatic nitrogens is 2. The Balaban J connectivity index is 1.43. The molecule has 2 saturated heterocycles. The van der Waals surface area contributed by atoms with E-state index in [0.29, 0.717) is 24.3 Å². The molecule has 2 fully saturated rings. The largest absolute Gasteiger partial charge is 0.329 e. The number of carbonyl (C=O) groups is 1. The van der Waals surface area contributed by atoms with E-state index in [-0.39, 0.29) is 37.8 Å². The summed E-state index contributed by atoms with van der Waals surface area (Å²) in [7, 11) is -0.172. The van der Waals surface area contributed by atoms with Crippen LogP contribution in [0.25, 0.3) is 0 Å². The SMILES string of the molecule is Cc1ccc(C(=O)N2CCN(C(=N)c3ccn(P4CC4)n3)C(=N)C2)cc1F. The van der Waals surface area contributed by atoms with Crippen molar-refractivity contribution in [3.63, 3.8) is 0 Å². The van der Waals surface area contributed by atoms with Crippen LogP contribution in [-0.2, 0) is 0 Å². The number of rotatable bonds is 3. The van der Waals surface area contributed by atoms with E-state index < -0.39 is 5.82 Å². The van der Waals surface area contributed by atoms with Crippen molar-refractivity contribution in [2.45, 2.75) is 6.92 Å². The zero-order valence-electron chi connectivity index (χ0n) is 14.9. The molecule has 0 unspecified atom stereocenters. The summed E-state index contributed by atoms with van der Waals surface area (Å²) in [5.74, 6) is -0.363. The predicted octanol–water partition coefficient (Wildman–Crippen LogP) is 2.35. The molecule has 7 nitrogen and oxygen atoms in total. The van der Waals surface area contributed by atoms with Gasteiger partial charge in [-0.25, -0.2) is 4.39 Å². The number of halogens is 1. The molecule has 0 radical (unpaired) electrons. The van der Waals surface area contributed by atoms with Crippen LogP contribution in [-0.4, -0.2) is 68.9 Å². The van der Waals surface area contributed by atoms with Crippen molar-refractivity contribution in [2.75, 3.05) is 32.0 Å². The zero-order valence-corrected chi connectivity index (χ0v) is 15.8. The normalized spacial score (nSPS) is 17.3. The van der Waals surface area contributed by atoms with Gasteiger partial charge in [-0.15, -0.1) is 0 Å². The third kappa shape index (κ3) is 3.49. The molecule has 1 aromatic heterocycles. The second kappa shape index (κ2) is 6.85. The third-order valence-electron chi connectivity index (χ3n) is 4.77. The van der Waals surface area contributed by atoms with Crippen molar-refractivity contribution in [1.29, 1.82) is 10.8 Å². The molecule has 0 bridgehead atoms. The molecule has 1 amide bonds. The van der Waals surface area contributed by atoms with Crippen molar-refractivity contribution in [1.82, 2.24) is 19.4 Å². The van der Waals surface area contributed by atoms with Gasteiger partial charge in [0, 0.05) is 32.9 Å². The Morgan fingerprint density at radius 1 is 1.26 bits per heavy atom. The van der Waals surface area contributed by atoms with Gasteiger partial charge in [0.15, 0.2) is 5.84 Å². The van der Waals surface area contributed by atoms with E-state index in [9.17, 15) is 9.18 Å². The van der Waals surface area contributed by atoms with E-state index in [0.717, 1.165) is 0 Å². The zero-order chi connectivity index (χ0) is 19.1. The lowest BCUT2D eigenvalue weighted by Gasteiger charge is -2.36. The molecule has 3 heterocycles. The number of aryl methyl sites for hydroxylation is 1. The Morgan fingerprint density at radius 3 is 2.70 bits per heavy atom. The van der Waals surface area contributed by atoms with Gasteiger partial charge in [-0.2, -0.15) is 5.10 Å². The van der Waals surface area contributed by atoms with E-state index in [1.165, 1.54) is 23.3 Å². The minimum atomic E-state index is -0.413. The van der Waals surface area contributed by atoms with Gasteiger partial charge in [-0.3, -0.25) is 20.1 Å². The van der Waals surface area contributed by atoms with Gasteiger partial charge >= 0.3 is 0 Å². The molecule has 0 aliphatic carbocycles. The summed E-state index contributed by atoms with van der Waals surface area (Å²) < 4.78 is 15.7. The topological polar surface area (TPSA) is 89.1 Å². The van der Waals surface area contributed by atoms with Crippen LogP contribution in [0.3, 0.4) is 0 Å². The Hall–Kier alpha value is -2.60. The highest BCUT2D eigenvalue weighted by Gasteiger charge is 2.30. The fraction of sp³-hybridized carbons (Fsp3) is 0.333. The number of amides is 1. The molecule has 0 saturated carbocycles. The summed E-state index contributed by atoms with van der Waals surface area (Å²) in [5.41, 5.74) is 1.32. The summed E-state index contributed by atoms with van der Waals surface area (Å²) in [5, 5.41) is 21.1. The van der Waals surface area contributed by atoms with Crippen molar-refractivity contribution < 1.29 is 9.18 Å². The monoisotopic (exact) mass is 386 g/mol. The van der Waals surface area contributed by atoms with Crippen LogP contribution >= 0.6 is 8.07 Å². The lowest BCUT2D eigenvalue weighted by atomic mass is 10.1. The Bertz CT molecular complexity index is 938. The number of hydrogen-bond donors (Lipinski definition) is 2. The van der Waals surface area contributed by atoms with E-state index in [1.54, 1.807) is 24.0 Å². The lowest BCUT2D eigenvalue weighted by molar-refractivity contribution is 0.0756. The highest BCUT2D eigenvalue weighted by Crippen LogP contribution is 2.50. The number of benzene rings is 1. The number of carbonyl (C=O) groups excluding carboxylic acids is 1. The Kier molecular flexibility index (Phi) is 4.52. The molecule has 2 aliphatic rings. The molecule has 4 rings (SSSR count). The molecule has 0 spiro atoms. The first-order chi connectivity index (χ1) is 12.9. The Labute approximate surface area is 157 Å². The molecule has 1 aromatic carbocycles. The van der Waals surface area contributed by atoms with Gasteiger partial charge in [0.05, 0.1) is 6.54 Å². The summed E-state index contributed by atoms with van der Waals surface area (Å²) >= 11 is 0. The molecular weight excluding hydrogens is 366 g/mol. The van der Waals surface area contributed by atoms with Crippen LogP contribution in [0.1, 0.15) is 21.6 Å². The maximum absolute atomic E-state index is 13.7. The first kappa shape index (κ1) is 17.8. The Morgan fingerprint density at radius 2 is 2.04 bits per heavy atom. The van der Waals surface area contributed by atoms with E-state index in [4.69, 9.17) is 10.8 Å². The van der Waals surface area contributed by atoms with Crippen molar-refractivity contribution in [3.8, 4) is 0 Å². The minimum absolute atomic E-state index is 0.0874. The fourth-order valence-corrected chi connectivity index (χ4v) is 4.26. The number of nitrogens with one attached hydrogen (secondary N) is 2. The molecule has 27 heavy (non-hydrogen) atoms. The van der Waals surface area contributed by atoms with Crippen LogP contribution < -0.4 is 0 Å². The van der Waals surface area contributed by atoms with Crippen LogP contribution in [0.5, 0.6) is 0 Å². The smallest absolute Gasteiger partial charge is 0.254 e. The van der Waals surface area contributed by atoms with E-state index >= 15 is 0 Å². The highest BCUT2D eigenvalue weighted by atomic mass is 31.1. The quantitative estimate of drug-likeness (QED) is 0.482. The van der Waals surface area contributed by atoms with Crippen LogP contribution in [0.4, 0.5) is 4.39 Å². The fourth-order valence-electron chi connectivity index (χ4n) is 3.02. The van der Waals surface area contributed by atoms with Gasteiger partial charge in [-0.05, 0) is 43.0 Å². The van der Waals surface area contributed by atoms with Gasteiger partial charge in [0.2, 0.25) is 0 Å². The van der Waals surface area contributed by atoms with Crippen molar-refractivity contribution in [3.05, 3.63) is 53.1 Å². The maximum Gasteiger partial charge on any atom is 0.254 e. The molecule has 140 valence electrons. The standard InChI is InChI=1S/C18H20FN6OP/c1-12-2-3-13(10-14(12)19)18(26)23-6-7-24(16(20)11-23)17(21)15-4-5-25(22-15)27-8-9-27/h2-5,10,20-21H,6-9,11H2,1H3.